The lowest BCUT2D eigenvalue weighted by molar-refractivity contribution is 0.175. The molecule has 2 aliphatic rings. The number of rotatable bonds is 6. The molecule has 3 rings (SSSR count). The highest BCUT2D eigenvalue weighted by Crippen LogP contribution is 2.30. The number of halogens is 1. The summed E-state index contributed by atoms with van der Waals surface area (Å²) >= 11 is 0. The molecule has 1 aromatic carbocycles. The highest BCUT2D eigenvalue weighted by atomic mass is 19.1. The molecule has 1 aromatic rings. The maximum Gasteiger partial charge on any atom is 0.168 e. The quantitative estimate of drug-likeness (QED) is 0.653. The summed E-state index contributed by atoms with van der Waals surface area (Å²) in [7, 11) is 0. The van der Waals surface area contributed by atoms with Crippen LogP contribution in [0.15, 0.2) is 24.3 Å². The van der Waals surface area contributed by atoms with Crippen molar-refractivity contribution >= 4 is 0 Å². The average Bonchev–Trinajstić information content (AvgIpc) is 2.37. The standard InChI is InChI=1S/C19H25FO/c1-14-17(10-4-7-15-5-2-6-15)11-12-18(19(14)20)21-13-16-8-3-9-16/h4,7,11-12,15-16H,2-3,5-6,8-10,13H2,1H3/b7-4+. The van der Waals surface area contributed by atoms with Crippen LogP contribution in [0, 0.1) is 24.6 Å². The normalized spacial score (nSPS) is 19.5. The zero-order chi connectivity index (χ0) is 14.7. The van der Waals surface area contributed by atoms with E-state index in [2.05, 4.69) is 12.2 Å². The number of benzene rings is 1. The first kappa shape index (κ1) is 14.6. The summed E-state index contributed by atoms with van der Waals surface area (Å²) in [4.78, 5) is 0. The molecule has 21 heavy (non-hydrogen) atoms. The minimum Gasteiger partial charge on any atom is -0.490 e. The van der Waals surface area contributed by atoms with E-state index >= 15 is 0 Å². The SMILES string of the molecule is Cc1c(C/C=C/C2CCC2)ccc(OCC2CCC2)c1F. The molecule has 0 bridgehead atoms. The monoisotopic (exact) mass is 288 g/mol. The van der Waals surface area contributed by atoms with Gasteiger partial charge in [0.1, 0.15) is 0 Å². The molecule has 0 saturated heterocycles. The van der Waals surface area contributed by atoms with Crippen LogP contribution < -0.4 is 4.74 Å². The topological polar surface area (TPSA) is 9.23 Å². The Morgan fingerprint density at radius 2 is 1.95 bits per heavy atom. The molecular weight excluding hydrogens is 263 g/mol. The van der Waals surface area contributed by atoms with Crippen molar-refractivity contribution < 1.29 is 9.13 Å². The fraction of sp³-hybridized carbons (Fsp3) is 0.579. The van der Waals surface area contributed by atoms with Crippen molar-refractivity contribution in [2.24, 2.45) is 11.8 Å². The molecule has 0 atom stereocenters. The number of allylic oxidation sites excluding steroid dienone is 2. The second-order valence-corrected chi connectivity index (χ2v) is 6.59. The molecular formula is C19H25FO. The molecule has 0 heterocycles. The van der Waals surface area contributed by atoms with Gasteiger partial charge in [0.15, 0.2) is 11.6 Å². The molecule has 2 fully saturated rings. The van der Waals surface area contributed by atoms with Crippen LogP contribution in [0.25, 0.3) is 0 Å². The van der Waals surface area contributed by atoms with E-state index < -0.39 is 0 Å². The third-order valence-electron chi connectivity index (χ3n) is 5.06. The van der Waals surface area contributed by atoms with Crippen LogP contribution >= 0.6 is 0 Å². The van der Waals surface area contributed by atoms with Crippen LogP contribution in [0.3, 0.4) is 0 Å². The largest absolute Gasteiger partial charge is 0.490 e. The summed E-state index contributed by atoms with van der Waals surface area (Å²) in [6.45, 7) is 2.52. The van der Waals surface area contributed by atoms with Crippen molar-refractivity contribution in [2.75, 3.05) is 6.61 Å². The van der Waals surface area contributed by atoms with E-state index in [4.69, 9.17) is 4.74 Å². The Hall–Kier alpha value is -1.31. The van der Waals surface area contributed by atoms with Gasteiger partial charge in [0.05, 0.1) is 6.61 Å². The van der Waals surface area contributed by atoms with Crippen molar-refractivity contribution in [2.45, 2.75) is 51.9 Å². The van der Waals surface area contributed by atoms with Gasteiger partial charge in [-0.1, -0.05) is 31.1 Å². The van der Waals surface area contributed by atoms with E-state index in [-0.39, 0.29) is 5.82 Å². The highest BCUT2D eigenvalue weighted by Gasteiger charge is 2.19. The zero-order valence-corrected chi connectivity index (χ0v) is 12.9. The first-order chi connectivity index (χ1) is 10.2. The summed E-state index contributed by atoms with van der Waals surface area (Å²) in [5.74, 6) is 1.64. The predicted octanol–water partition coefficient (Wildman–Crippen LogP) is 5.21. The van der Waals surface area contributed by atoms with Crippen LogP contribution in [0.1, 0.15) is 49.7 Å². The molecule has 0 N–H and O–H groups in total. The summed E-state index contributed by atoms with van der Waals surface area (Å²) in [6.07, 6.45) is 13.0. The predicted molar refractivity (Wildman–Crippen MR) is 84.2 cm³/mol. The molecule has 0 amide bonds. The Kier molecular flexibility index (Phi) is 4.62. The molecule has 2 heteroatoms. The van der Waals surface area contributed by atoms with Crippen molar-refractivity contribution in [1.82, 2.24) is 0 Å². The summed E-state index contributed by atoms with van der Waals surface area (Å²) in [6, 6.07) is 3.81. The van der Waals surface area contributed by atoms with E-state index in [1.807, 2.05) is 13.0 Å². The van der Waals surface area contributed by atoms with Crippen LogP contribution in [-0.2, 0) is 6.42 Å². The fourth-order valence-corrected chi connectivity index (χ4v) is 2.92. The Bertz CT molecular complexity index is 513. The zero-order valence-electron chi connectivity index (χ0n) is 12.9. The van der Waals surface area contributed by atoms with E-state index in [0.717, 1.165) is 23.5 Å². The Balaban J connectivity index is 1.59. The van der Waals surface area contributed by atoms with Crippen molar-refractivity contribution in [1.29, 1.82) is 0 Å². The summed E-state index contributed by atoms with van der Waals surface area (Å²) in [5.41, 5.74) is 1.80. The second kappa shape index (κ2) is 6.64. The molecule has 2 aliphatic carbocycles. The number of ether oxygens (including phenoxy) is 1. The lowest BCUT2D eigenvalue weighted by Gasteiger charge is -2.25. The van der Waals surface area contributed by atoms with Gasteiger partial charge in [0.25, 0.3) is 0 Å². The Morgan fingerprint density at radius 3 is 2.57 bits per heavy atom. The number of hydrogen-bond donors (Lipinski definition) is 0. The average molecular weight is 288 g/mol. The third-order valence-corrected chi connectivity index (χ3v) is 5.06. The van der Waals surface area contributed by atoms with E-state index in [9.17, 15) is 4.39 Å². The first-order valence-corrected chi connectivity index (χ1v) is 8.31. The minimum absolute atomic E-state index is 0.177. The Morgan fingerprint density at radius 1 is 1.19 bits per heavy atom. The van der Waals surface area contributed by atoms with Gasteiger partial charge in [-0.3, -0.25) is 0 Å². The molecule has 0 aliphatic heterocycles. The van der Waals surface area contributed by atoms with Gasteiger partial charge < -0.3 is 4.74 Å². The van der Waals surface area contributed by atoms with Gasteiger partial charge in [-0.15, -0.1) is 0 Å². The third kappa shape index (κ3) is 3.48. The lowest BCUT2D eigenvalue weighted by Crippen LogP contribution is -2.19. The van der Waals surface area contributed by atoms with Gasteiger partial charge in [0, 0.05) is 0 Å². The van der Waals surface area contributed by atoms with Gasteiger partial charge >= 0.3 is 0 Å². The first-order valence-electron chi connectivity index (χ1n) is 8.31. The molecule has 0 radical (unpaired) electrons. The maximum atomic E-state index is 14.3. The van der Waals surface area contributed by atoms with Crippen LogP contribution in [0.4, 0.5) is 4.39 Å². The van der Waals surface area contributed by atoms with Crippen molar-refractivity contribution in [3.05, 3.63) is 41.2 Å². The molecule has 0 spiro atoms. The molecule has 0 aromatic heterocycles. The van der Waals surface area contributed by atoms with Crippen LogP contribution in [-0.4, -0.2) is 6.61 Å². The number of hydrogen-bond acceptors (Lipinski definition) is 1. The van der Waals surface area contributed by atoms with Crippen molar-refractivity contribution in [3.8, 4) is 5.75 Å². The van der Waals surface area contributed by atoms with E-state index in [1.165, 1.54) is 38.5 Å². The van der Waals surface area contributed by atoms with E-state index in [1.54, 1.807) is 6.07 Å². The van der Waals surface area contributed by atoms with Gasteiger partial charge in [-0.05, 0) is 68.1 Å². The lowest BCUT2D eigenvalue weighted by atomic mass is 9.85. The Labute approximate surface area is 127 Å². The highest BCUT2D eigenvalue weighted by molar-refractivity contribution is 5.38. The summed E-state index contributed by atoms with van der Waals surface area (Å²) < 4.78 is 20.0. The summed E-state index contributed by atoms with van der Waals surface area (Å²) in [5, 5.41) is 0. The molecule has 2 saturated carbocycles. The van der Waals surface area contributed by atoms with Crippen LogP contribution in [0.2, 0.25) is 0 Å². The van der Waals surface area contributed by atoms with E-state index in [0.29, 0.717) is 18.3 Å². The minimum atomic E-state index is -0.177. The van der Waals surface area contributed by atoms with Gasteiger partial charge in [0.2, 0.25) is 0 Å². The molecule has 114 valence electrons. The smallest absolute Gasteiger partial charge is 0.168 e. The molecule has 0 unspecified atom stereocenters. The van der Waals surface area contributed by atoms with Gasteiger partial charge in [-0.2, -0.15) is 0 Å². The fourth-order valence-electron chi connectivity index (χ4n) is 2.92. The van der Waals surface area contributed by atoms with Gasteiger partial charge in [-0.25, -0.2) is 4.39 Å². The molecule has 1 nitrogen and oxygen atoms in total. The maximum absolute atomic E-state index is 14.3. The van der Waals surface area contributed by atoms with Crippen LogP contribution in [0.5, 0.6) is 5.75 Å². The van der Waals surface area contributed by atoms with Crippen molar-refractivity contribution in [3.63, 3.8) is 0 Å². The second-order valence-electron chi connectivity index (χ2n) is 6.59.